The third kappa shape index (κ3) is 15.4. The van der Waals surface area contributed by atoms with Crippen molar-refractivity contribution in [3.05, 3.63) is 113 Å². The molecule has 4 aliphatic rings. The van der Waals surface area contributed by atoms with Crippen LogP contribution in [0.4, 0.5) is 16.4 Å². The Kier molecular flexibility index (Phi) is 19.4. The normalized spacial score (nSPS) is 25.6. The van der Waals surface area contributed by atoms with E-state index >= 15 is 0 Å². The fraction of sp³-hybridized carbons (Fsp3) is 0.412. The number of hydrogen-bond acceptors (Lipinski definition) is 22. The maximum Gasteiger partial charge on any atom is 0.410 e. The molecule has 0 spiro atoms. The van der Waals surface area contributed by atoms with Crippen LogP contribution in [0.5, 0.6) is 5.88 Å². The number of H-pyrrole nitrogens is 1. The number of anilines is 2. The summed E-state index contributed by atoms with van der Waals surface area (Å²) in [6.07, 6.45) is -1.59. The number of fused-ring (bicyclic) bond motifs is 4. The van der Waals surface area contributed by atoms with Crippen molar-refractivity contribution in [2.24, 2.45) is 11.8 Å². The zero-order valence-electron chi connectivity index (χ0n) is 45.6. The monoisotopic (exact) mass is 1250 g/mol. The van der Waals surface area contributed by atoms with E-state index in [0.717, 1.165) is 23.4 Å². The summed E-state index contributed by atoms with van der Waals surface area (Å²) in [7, 11) is 1.45. The van der Waals surface area contributed by atoms with E-state index in [1.54, 1.807) is 62.4 Å². The molecule has 0 unspecified atom stereocenters. The molecule has 30 nitrogen and oxygen atoms in total. The fourth-order valence-electron chi connectivity index (χ4n) is 9.48. The van der Waals surface area contributed by atoms with Crippen LogP contribution in [0.15, 0.2) is 90.4 Å². The lowest BCUT2D eigenvalue weighted by Crippen LogP contribution is -2.55. The highest BCUT2D eigenvalue weighted by atomic mass is 32.7. The number of rotatable bonds is 17. The van der Waals surface area contributed by atoms with Crippen LogP contribution in [-0.2, 0) is 73.8 Å². The van der Waals surface area contributed by atoms with Crippen molar-refractivity contribution in [1.29, 1.82) is 0 Å². The molecule has 7 amide bonds. The molecule has 1 saturated carbocycles. The molecule has 452 valence electrons. The van der Waals surface area contributed by atoms with Gasteiger partial charge in [-0.1, -0.05) is 68.7 Å². The van der Waals surface area contributed by atoms with Gasteiger partial charge in [-0.25, -0.2) is 28.9 Å². The van der Waals surface area contributed by atoms with Crippen molar-refractivity contribution in [3.8, 4) is 5.88 Å². The quantitative estimate of drug-likeness (QED) is 0.0375. The second kappa shape index (κ2) is 26.5. The predicted octanol–water partition coefficient (Wildman–Crippen LogP) is 3.45. The smallest absolute Gasteiger partial charge is 0.410 e. The number of aliphatic hydroxyl groups is 1. The van der Waals surface area contributed by atoms with E-state index in [2.05, 4.69) is 70.7 Å². The first kappa shape index (κ1) is 62.2. The van der Waals surface area contributed by atoms with Crippen molar-refractivity contribution >= 4 is 102 Å². The van der Waals surface area contributed by atoms with Crippen LogP contribution in [0.1, 0.15) is 61.3 Å². The van der Waals surface area contributed by atoms with E-state index in [-0.39, 0.29) is 61.2 Å². The molecule has 6 N–H and O–H groups in total. The van der Waals surface area contributed by atoms with Crippen molar-refractivity contribution < 1.29 is 80.1 Å². The zero-order valence-corrected chi connectivity index (χ0v) is 49.2. The van der Waals surface area contributed by atoms with Crippen LogP contribution in [0.25, 0.3) is 11.2 Å². The molecule has 34 heteroatoms. The molecule has 11 atom stereocenters. The van der Waals surface area contributed by atoms with E-state index in [1.165, 1.54) is 42.0 Å². The SMILES string of the molecule is CC(C)[C@H](NC(=O)CN1C(=O)C=CC1=O)C(=O)N[C@@H](C)C(=O)Nc1ccc(COC(=O)N(C)Cc2ccccc2C(=O)Nc2nc3c(ncn3[C@@H]3O[C@@H]4CO[P@@](=O)(S)O[C@H]5C[C@H](Oc6ccncn6)C[C@@H]5CO[P@@](=O)(S)O[C@@H]3[C@@H]4O)c(=O)[nH]2)cc1. The molecule has 2 aromatic carbocycles. The van der Waals surface area contributed by atoms with Gasteiger partial charge in [0.05, 0.1) is 25.6 Å². The number of carbonyl (C=O) groups excluding carboxylic acids is 7. The number of aromatic amines is 1. The minimum absolute atomic E-state index is 0.0826. The highest BCUT2D eigenvalue weighted by Crippen LogP contribution is 2.60. The summed E-state index contributed by atoms with van der Waals surface area (Å²) < 4.78 is 69.6. The van der Waals surface area contributed by atoms with Gasteiger partial charge in [0.25, 0.3) is 23.3 Å². The average Bonchev–Trinajstić information content (AvgIpc) is 2.16. The molecular formula is C51H58N12O18P2S2. The first-order chi connectivity index (χ1) is 40.4. The Morgan fingerprint density at radius 3 is 2.32 bits per heavy atom. The highest BCUT2D eigenvalue weighted by Gasteiger charge is 2.51. The number of amides is 7. The lowest BCUT2D eigenvalue weighted by Gasteiger charge is -2.26. The molecule has 2 bridgehead atoms. The summed E-state index contributed by atoms with van der Waals surface area (Å²) >= 11 is 8.41. The first-order valence-electron chi connectivity index (χ1n) is 26.3. The van der Waals surface area contributed by atoms with Gasteiger partial charge < -0.3 is 44.7 Å². The maximum atomic E-state index is 14.0. The summed E-state index contributed by atoms with van der Waals surface area (Å²) in [4.78, 5) is 124. The van der Waals surface area contributed by atoms with E-state index < -0.39 is 135 Å². The largest absolute Gasteiger partial charge is 0.474 e. The lowest BCUT2D eigenvalue weighted by molar-refractivity contribution is -0.141. The molecule has 85 heavy (non-hydrogen) atoms. The Bertz CT molecular complexity index is 3540. The van der Waals surface area contributed by atoms with Crippen LogP contribution in [0, 0.1) is 11.8 Å². The van der Waals surface area contributed by atoms with Crippen LogP contribution in [0.2, 0.25) is 0 Å². The van der Waals surface area contributed by atoms with Crippen molar-refractivity contribution in [3.63, 3.8) is 0 Å². The van der Waals surface area contributed by atoms with E-state index in [1.807, 2.05) is 0 Å². The molecule has 3 aromatic heterocycles. The maximum absolute atomic E-state index is 14.0. The summed E-state index contributed by atoms with van der Waals surface area (Å²) in [6, 6.07) is 12.0. The minimum Gasteiger partial charge on any atom is -0.474 e. The van der Waals surface area contributed by atoms with E-state index in [9.17, 15) is 52.6 Å². The van der Waals surface area contributed by atoms with Crippen molar-refractivity contribution in [2.45, 2.75) is 95.6 Å². The molecule has 6 heterocycles. The summed E-state index contributed by atoms with van der Waals surface area (Å²) in [5.41, 5.74) is 0.117. The van der Waals surface area contributed by atoms with E-state index in [4.69, 9.17) is 32.3 Å². The third-order valence-corrected chi connectivity index (χ3v) is 17.1. The Morgan fingerprint density at radius 1 is 0.882 bits per heavy atom. The van der Waals surface area contributed by atoms with Crippen LogP contribution in [-0.4, -0.2) is 155 Å². The number of thiol groups is 2. The average molecular weight is 1250 g/mol. The number of aromatic nitrogens is 6. The van der Waals surface area contributed by atoms with Gasteiger partial charge in [-0.05, 0) is 48.6 Å². The van der Waals surface area contributed by atoms with Gasteiger partial charge in [-0.15, -0.1) is 0 Å². The van der Waals surface area contributed by atoms with Gasteiger partial charge in [-0.3, -0.25) is 66.9 Å². The molecule has 3 fully saturated rings. The Balaban J connectivity index is 0.793. The van der Waals surface area contributed by atoms with E-state index in [0.29, 0.717) is 16.8 Å². The molecule has 2 saturated heterocycles. The standard InChI is InChI=1S/C51H58N12O18P2S2/c1-26(2)40(57-36(64)20-62-38(65)13-14-39(62)66)47(70)55-27(3)45(68)56-31-11-9-28(10-12-31)21-75-51(72)61(4)19-29-7-5-6-8-33(29)46(69)59-50-58-44-41(48(71)60-50)54-25-63(44)49-43-42(67)35(79-49)23-77-82(73,84)80-34-18-32(78-37-15-16-52-24-53-37)17-30(34)22-76-83(74,85)81-43/h5-16,24-27,30,32,34-35,40,42-43,49,67H,17-23H2,1-4H3,(H,55,70)(H,56,68)(H,57,64)(H,73,84)(H,74,85)(H2,58,59,60,69,71)/t27-,30+,32+,34-,35+,40-,42+,43+,49+,82+,83+/m0/s1. The third-order valence-electron chi connectivity index (χ3n) is 13.8. The van der Waals surface area contributed by atoms with Crippen LogP contribution >= 0.6 is 38.1 Å². The van der Waals surface area contributed by atoms with Gasteiger partial charge in [0.2, 0.25) is 29.5 Å². The molecule has 5 aromatic rings. The van der Waals surface area contributed by atoms with Crippen molar-refractivity contribution in [2.75, 3.05) is 37.4 Å². The highest BCUT2D eigenvalue weighted by molar-refractivity contribution is 8.44. The van der Waals surface area contributed by atoms with Crippen LogP contribution < -0.4 is 31.6 Å². The predicted molar refractivity (Wildman–Crippen MR) is 303 cm³/mol. The van der Waals surface area contributed by atoms with Gasteiger partial charge in [0.15, 0.2) is 17.4 Å². The number of carbonyl (C=O) groups is 7. The van der Waals surface area contributed by atoms with Gasteiger partial charge in [0.1, 0.15) is 56.0 Å². The number of benzene rings is 2. The number of hydrogen-bond donors (Lipinski definition) is 8. The Labute approximate surface area is 493 Å². The van der Waals surface area contributed by atoms with Gasteiger partial charge >= 0.3 is 19.7 Å². The number of aliphatic hydroxyl groups excluding tert-OH is 1. The molecule has 0 radical (unpaired) electrons. The molecular weight excluding hydrogens is 1190 g/mol. The number of ether oxygens (including phenoxy) is 3. The van der Waals surface area contributed by atoms with Crippen LogP contribution in [0.3, 0.4) is 0 Å². The number of nitrogens with zero attached hydrogens (tertiary/aromatic N) is 7. The Morgan fingerprint density at radius 2 is 1.60 bits per heavy atom. The molecule has 9 rings (SSSR count). The van der Waals surface area contributed by atoms with Crippen molar-refractivity contribution in [1.82, 2.24) is 49.9 Å². The summed E-state index contributed by atoms with van der Waals surface area (Å²) in [5.74, 6) is -5.11. The second-order valence-electron chi connectivity index (χ2n) is 20.4. The van der Waals surface area contributed by atoms with Gasteiger partial charge in [-0.2, -0.15) is 4.98 Å². The molecule has 1 aliphatic carbocycles. The van der Waals surface area contributed by atoms with Gasteiger partial charge in [0, 0.05) is 61.6 Å². The summed E-state index contributed by atoms with van der Waals surface area (Å²) in [5, 5.41) is 21.9. The topological polar surface area (TPSA) is 382 Å². The zero-order chi connectivity index (χ0) is 60.9. The first-order valence-corrected chi connectivity index (χ1v) is 31.6. The number of nitrogens with one attached hydrogen (secondary N) is 5. The number of imidazole rings is 1. The fourth-order valence-corrected chi connectivity index (χ4v) is 12.5. The lowest BCUT2D eigenvalue weighted by atomic mass is 10.0. The molecule has 3 aliphatic heterocycles. The Hall–Kier alpha value is -7.38. The summed E-state index contributed by atoms with van der Waals surface area (Å²) in [6.45, 7) is -5.53. The minimum atomic E-state index is -4.38. The second-order valence-corrected chi connectivity index (χ2v) is 26.1. The number of imide groups is 1.